The van der Waals surface area contributed by atoms with Crippen molar-refractivity contribution in [3.8, 4) is 0 Å². The molecule has 2 atom stereocenters. The van der Waals surface area contributed by atoms with Gasteiger partial charge in [-0.3, -0.25) is 14.5 Å². The van der Waals surface area contributed by atoms with Crippen molar-refractivity contribution < 1.29 is 14.3 Å². The number of esters is 1. The summed E-state index contributed by atoms with van der Waals surface area (Å²) in [4.78, 5) is 25.5. The van der Waals surface area contributed by atoms with E-state index >= 15 is 0 Å². The number of hydrogen-bond donors (Lipinski definition) is 0. The Balaban J connectivity index is 1.93. The molecule has 2 aliphatic rings. The van der Waals surface area contributed by atoms with Gasteiger partial charge in [0.1, 0.15) is 5.78 Å². The van der Waals surface area contributed by atoms with Gasteiger partial charge >= 0.3 is 5.97 Å². The third-order valence-corrected chi connectivity index (χ3v) is 4.31. The summed E-state index contributed by atoms with van der Waals surface area (Å²) in [6, 6.07) is 0.374. The second-order valence-corrected chi connectivity index (χ2v) is 5.39. The van der Waals surface area contributed by atoms with Gasteiger partial charge in [0.05, 0.1) is 13.5 Å². The van der Waals surface area contributed by atoms with Crippen molar-refractivity contribution in [3.63, 3.8) is 0 Å². The van der Waals surface area contributed by atoms with Gasteiger partial charge in [0, 0.05) is 24.9 Å². The number of ketones is 1. The maximum atomic E-state index is 11.9. The molecule has 0 N–H and O–H groups in total. The molecule has 2 fully saturated rings. The first-order chi connectivity index (χ1) is 8.72. The fourth-order valence-corrected chi connectivity index (χ4v) is 3.34. The molecule has 18 heavy (non-hydrogen) atoms. The highest BCUT2D eigenvalue weighted by atomic mass is 16.5. The van der Waals surface area contributed by atoms with Gasteiger partial charge in [0.25, 0.3) is 0 Å². The molecular formula is C14H23NO3. The van der Waals surface area contributed by atoms with Gasteiger partial charge in [-0.15, -0.1) is 0 Å². The number of ether oxygens (including phenoxy) is 1. The first-order valence-corrected chi connectivity index (χ1v) is 7.06. The van der Waals surface area contributed by atoms with Crippen molar-refractivity contribution in [2.45, 2.75) is 51.0 Å². The normalized spacial score (nSPS) is 29.5. The molecule has 0 spiro atoms. The largest absolute Gasteiger partial charge is 0.469 e. The summed E-state index contributed by atoms with van der Waals surface area (Å²) in [6.45, 7) is 1.76. The Morgan fingerprint density at radius 3 is 2.83 bits per heavy atom. The molecular weight excluding hydrogens is 230 g/mol. The molecule has 0 aromatic rings. The van der Waals surface area contributed by atoms with E-state index in [2.05, 4.69) is 4.90 Å². The van der Waals surface area contributed by atoms with E-state index in [1.165, 1.54) is 20.0 Å². The zero-order chi connectivity index (χ0) is 13.0. The quantitative estimate of drug-likeness (QED) is 0.716. The predicted molar refractivity (Wildman–Crippen MR) is 68.2 cm³/mol. The fraction of sp³-hybridized carbons (Fsp3) is 0.857. The lowest BCUT2D eigenvalue weighted by molar-refractivity contribution is -0.141. The summed E-state index contributed by atoms with van der Waals surface area (Å²) >= 11 is 0. The number of carbonyl (C=O) groups excluding carboxylic acids is 2. The minimum absolute atomic E-state index is 0.155. The third-order valence-electron chi connectivity index (χ3n) is 4.31. The van der Waals surface area contributed by atoms with Crippen LogP contribution in [0.15, 0.2) is 0 Å². The van der Waals surface area contributed by atoms with Crippen LogP contribution in [-0.4, -0.2) is 42.9 Å². The van der Waals surface area contributed by atoms with Crippen molar-refractivity contribution in [3.05, 3.63) is 0 Å². The molecule has 1 saturated carbocycles. The molecule has 1 heterocycles. The summed E-state index contributed by atoms with van der Waals surface area (Å²) in [7, 11) is 1.43. The maximum Gasteiger partial charge on any atom is 0.306 e. The van der Waals surface area contributed by atoms with Crippen molar-refractivity contribution in [1.82, 2.24) is 4.90 Å². The highest BCUT2D eigenvalue weighted by Gasteiger charge is 2.36. The minimum Gasteiger partial charge on any atom is -0.469 e. The number of methoxy groups -OCH3 is 1. The highest BCUT2D eigenvalue weighted by Crippen LogP contribution is 2.32. The number of rotatable bonds is 4. The van der Waals surface area contributed by atoms with E-state index in [9.17, 15) is 9.59 Å². The Hall–Kier alpha value is -0.900. The molecule has 4 nitrogen and oxygen atoms in total. The Bertz CT molecular complexity index is 316. The summed E-state index contributed by atoms with van der Waals surface area (Å²) in [6.07, 6.45) is 6.78. The van der Waals surface area contributed by atoms with Gasteiger partial charge in [0.2, 0.25) is 0 Å². The molecule has 0 bridgehead atoms. The SMILES string of the molecule is COC(=O)CCN1CCCCC1C1CCCC1=O. The first-order valence-electron chi connectivity index (χ1n) is 7.06. The summed E-state index contributed by atoms with van der Waals surface area (Å²) in [5, 5.41) is 0. The van der Waals surface area contributed by atoms with Crippen LogP contribution in [0.1, 0.15) is 44.9 Å². The molecule has 0 aromatic carbocycles. The van der Waals surface area contributed by atoms with Crippen molar-refractivity contribution >= 4 is 11.8 Å². The lowest BCUT2D eigenvalue weighted by Gasteiger charge is -2.38. The van der Waals surface area contributed by atoms with Crippen LogP contribution >= 0.6 is 0 Å². The average Bonchev–Trinajstić information content (AvgIpc) is 2.82. The van der Waals surface area contributed by atoms with Crippen molar-refractivity contribution in [1.29, 1.82) is 0 Å². The van der Waals surface area contributed by atoms with Crippen molar-refractivity contribution in [2.75, 3.05) is 20.2 Å². The Morgan fingerprint density at radius 2 is 2.17 bits per heavy atom. The van der Waals surface area contributed by atoms with Crippen molar-refractivity contribution in [2.24, 2.45) is 5.92 Å². The predicted octanol–water partition coefficient (Wildman–Crippen LogP) is 1.77. The summed E-state index contributed by atoms with van der Waals surface area (Å²) < 4.78 is 4.69. The van der Waals surface area contributed by atoms with Gasteiger partial charge in [-0.2, -0.15) is 0 Å². The van der Waals surface area contributed by atoms with E-state index in [0.717, 1.165) is 38.8 Å². The number of hydrogen-bond acceptors (Lipinski definition) is 4. The van der Waals surface area contributed by atoms with Crippen LogP contribution in [0.5, 0.6) is 0 Å². The molecule has 1 aliphatic carbocycles. The maximum absolute atomic E-state index is 11.9. The van der Waals surface area contributed by atoms with Crippen LogP contribution in [-0.2, 0) is 14.3 Å². The number of piperidine rings is 1. The number of nitrogens with zero attached hydrogens (tertiary/aromatic N) is 1. The molecule has 0 radical (unpaired) electrons. The Morgan fingerprint density at radius 1 is 1.33 bits per heavy atom. The average molecular weight is 253 g/mol. The van der Waals surface area contributed by atoms with Gasteiger partial charge in [-0.1, -0.05) is 6.42 Å². The van der Waals surface area contributed by atoms with Gasteiger partial charge < -0.3 is 4.74 Å². The third kappa shape index (κ3) is 3.10. The van der Waals surface area contributed by atoms with Gasteiger partial charge in [-0.05, 0) is 32.2 Å². The Kier molecular flexibility index (Phi) is 4.75. The van der Waals surface area contributed by atoms with Crippen LogP contribution in [0.25, 0.3) is 0 Å². The van der Waals surface area contributed by atoms with Crippen LogP contribution < -0.4 is 0 Å². The molecule has 1 saturated heterocycles. The van der Waals surface area contributed by atoms with Crippen LogP contribution in [0.2, 0.25) is 0 Å². The monoisotopic (exact) mass is 253 g/mol. The molecule has 0 aromatic heterocycles. The summed E-state index contributed by atoms with van der Waals surface area (Å²) in [5.41, 5.74) is 0. The molecule has 102 valence electrons. The molecule has 2 rings (SSSR count). The highest BCUT2D eigenvalue weighted by molar-refractivity contribution is 5.83. The van der Waals surface area contributed by atoms with Crippen LogP contribution in [0.4, 0.5) is 0 Å². The van der Waals surface area contributed by atoms with E-state index < -0.39 is 0 Å². The van der Waals surface area contributed by atoms with E-state index in [1.807, 2.05) is 0 Å². The Labute approximate surface area is 109 Å². The van der Waals surface area contributed by atoms with E-state index in [4.69, 9.17) is 4.74 Å². The first kappa shape index (κ1) is 13.5. The second-order valence-electron chi connectivity index (χ2n) is 5.39. The molecule has 1 aliphatic heterocycles. The van der Waals surface area contributed by atoms with Crippen LogP contribution in [0, 0.1) is 5.92 Å². The van der Waals surface area contributed by atoms with E-state index in [0.29, 0.717) is 18.2 Å². The summed E-state index contributed by atoms with van der Waals surface area (Å²) in [5.74, 6) is 0.505. The van der Waals surface area contributed by atoms with Gasteiger partial charge in [0.15, 0.2) is 0 Å². The molecule has 4 heteroatoms. The zero-order valence-electron chi connectivity index (χ0n) is 11.2. The van der Waals surface area contributed by atoms with Gasteiger partial charge in [-0.25, -0.2) is 0 Å². The minimum atomic E-state index is -0.155. The van der Waals surface area contributed by atoms with Crippen LogP contribution in [0.3, 0.4) is 0 Å². The smallest absolute Gasteiger partial charge is 0.306 e. The van der Waals surface area contributed by atoms with E-state index in [1.54, 1.807) is 0 Å². The number of carbonyl (C=O) groups is 2. The molecule has 0 amide bonds. The number of Topliss-reactive ketones (excluding diaryl/α,β-unsaturated/α-hetero) is 1. The van der Waals surface area contributed by atoms with E-state index in [-0.39, 0.29) is 11.9 Å². The second kappa shape index (κ2) is 6.32. The standard InChI is InChI=1S/C14H23NO3/c1-18-14(17)8-10-15-9-3-2-6-12(15)11-5-4-7-13(11)16/h11-12H,2-10H2,1H3. The lowest BCUT2D eigenvalue weighted by atomic mass is 9.88. The zero-order valence-corrected chi connectivity index (χ0v) is 11.2. The number of likely N-dealkylation sites (tertiary alicyclic amines) is 1. The molecule has 2 unspecified atom stereocenters. The topological polar surface area (TPSA) is 46.6 Å². The lowest BCUT2D eigenvalue weighted by Crippen LogP contribution is -2.46. The fourth-order valence-electron chi connectivity index (χ4n) is 3.34.